The first kappa shape index (κ1) is 21.7. The highest BCUT2D eigenvalue weighted by Gasteiger charge is 2.21. The standard InChI is InChI=1S/C23H23ClO6/c1-14(2)9-10-28-18-11-17(29-13-26-3)12-19-20(18)21(25)23(27-4)22(30-19)15-5-7-16(24)8-6-15/h5-9,11-12H,10,13H2,1-4H3. The van der Waals surface area contributed by atoms with E-state index < -0.39 is 0 Å². The van der Waals surface area contributed by atoms with E-state index in [0.29, 0.717) is 40.0 Å². The topological polar surface area (TPSA) is 67.1 Å². The van der Waals surface area contributed by atoms with Gasteiger partial charge in [-0.05, 0) is 44.2 Å². The zero-order valence-electron chi connectivity index (χ0n) is 17.3. The van der Waals surface area contributed by atoms with Crippen molar-refractivity contribution >= 4 is 22.6 Å². The molecule has 7 heteroatoms. The van der Waals surface area contributed by atoms with Crippen molar-refractivity contribution in [2.24, 2.45) is 0 Å². The molecule has 1 aromatic heterocycles. The highest BCUT2D eigenvalue weighted by Crippen LogP contribution is 2.36. The Balaban J connectivity index is 2.22. The first-order valence-electron chi connectivity index (χ1n) is 9.27. The van der Waals surface area contributed by atoms with Gasteiger partial charge >= 0.3 is 0 Å². The van der Waals surface area contributed by atoms with Crippen molar-refractivity contribution in [3.63, 3.8) is 0 Å². The van der Waals surface area contributed by atoms with Crippen molar-refractivity contribution in [2.75, 3.05) is 27.6 Å². The van der Waals surface area contributed by atoms with Gasteiger partial charge < -0.3 is 23.4 Å². The largest absolute Gasteiger partial charge is 0.490 e. The van der Waals surface area contributed by atoms with Gasteiger partial charge in [0.1, 0.15) is 29.1 Å². The molecule has 0 radical (unpaired) electrons. The molecule has 1 heterocycles. The molecule has 3 rings (SSSR count). The highest BCUT2D eigenvalue weighted by atomic mass is 35.5. The lowest BCUT2D eigenvalue weighted by molar-refractivity contribution is 0.0510. The second kappa shape index (κ2) is 9.69. The molecule has 0 aliphatic rings. The summed E-state index contributed by atoms with van der Waals surface area (Å²) in [6.07, 6.45) is 1.91. The summed E-state index contributed by atoms with van der Waals surface area (Å²) in [7, 11) is 2.95. The Hall–Kier alpha value is -2.96. The number of rotatable bonds is 8. The van der Waals surface area contributed by atoms with E-state index in [1.807, 2.05) is 19.9 Å². The summed E-state index contributed by atoms with van der Waals surface area (Å²) in [6, 6.07) is 10.2. The van der Waals surface area contributed by atoms with Crippen molar-refractivity contribution in [1.29, 1.82) is 0 Å². The maximum Gasteiger partial charge on any atom is 0.239 e. The Kier molecular flexibility index (Phi) is 7.03. The Bertz CT molecular complexity index is 1110. The number of hydrogen-bond acceptors (Lipinski definition) is 6. The first-order chi connectivity index (χ1) is 14.4. The van der Waals surface area contributed by atoms with Crippen LogP contribution >= 0.6 is 11.6 Å². The number of fused-ring (bicyclic) bond motifs is 1. The molecule has 0 saturated heterocycles. The molecular weight excluding hydrogens is 408 g/mol. The van der Waals surface area contributed by atoms with Crippen LogP contribution in [0.2, 0.25) is 5.02 Å². The van der Waals surface area contributed by atoms with E-state index in [4.69, 9.17) is 35.0 Å². The molecular formula is C23H23ClO6. The molecule has 3 aromatic rings. The zero-order chi connectivity index (χ0) is 21.7. The smallest absolute Gasteiger partial charge is 0.239 e. The average Bonchev–Trinajstić information content (AvgIpc) is 2.72. The van der Waals surface area contributed by atoms with Gasteiger partial charge in [-0.25, -0.2) is 0 Å². The number of methoxy groups -OCH3 is 2. The van der Waals surface area contributed by atoms with Gasteiger partial charge in [0, 0.05) is 29.8 Å². The summed E-state index contributed by atoms with van der Waals surface area (Å²) in [5.41, 5.74) is 1.73. The second-order valence-electron chi connectivity index (χ2n) is 6.74. The van der Waals surface area contributed by atoms with E-state index in [2.05, 4.69) is 0 Å². The molecule has 0 fully saturated rings. The normalized spacial score (nSPS) is 10.7. The number of halogens is 1. The molecule has 0 N–H and O–H groups in total. The average molecular weight is 431 g/mol. The lowest BCUT2D eigenvalue weighted by Crippen LogP contribution is -2.10. The number of hydrogen-bond donors (Lipinski definition) is 0. The van der Waals surface area contributed by atoms with Crippen LogP contribution in [-0.4, -0.2) is 27.6 Å². The van der Waals surface area contributed by atoms with E-state index in [1.165, 1.54) is 14.2 Å². The van der Waals surface area contributed by atoms with Crippen molar-refractivity contribution in [1.82, 2.24) is 0 Å². The van der Waals surface area contributed by atoms with Crippen molar-refractivity contribution in [2.45, 2.75) is 13.8 Å². The Morgan fingerprint density at radius 1 is 1.10 bits per heavy atom. The molecule has 158 valence electrons. The SMILES string of the molecule is COCOc1cc(OCC=C(C)C)c2c(=O)c(OC)c(-c3ccc(Cl)cc3)oc2c1. The molecule has 2 aromatic carbocycles. The fourth-order valence-corrected chi connectivity index (χ4v) is 2.97. The Labute approximate surface area is 179 Å². The molecule has 0 bridgehead atoms. The van der Waals surface area contributed by atoms with E-state index in [0.717, 1.165) is 5.57 Å². The first-order valence-corrected chi connectivity index (χ1v) is 9.65. The number of allylic oxidation sites excluding steroid dienone is 1. The van der Waals surface area contributed by atoms with Crippen LogP contribution < -0.4 is 19.6 Å². The third-order valence-electron chi connectivity index (χ3n) is 4.28. The van der Waals surface area contributed by atoms with Gasteiger partial charge in [0.05, 0.1) is 7.11 Å². The molecule has 0 atom stereocenters. The molecule has 0 saturated carbocycles. The van der Waals surface area contributed by atoms with Gasteiger partial charge in [0.25, 0.3) is 0 Å². The summed E-state index contributed by atoms with van der Waals surface area (Å²) in [5.74, 6) is 1.17. The summed E-state index contributed by atoms with van der Waals surface area (Å²) in [6.45, 7) is 4.28. The predicted octanol–water partition coefficient (Wildman–Crippen LogP) is 5.45. The molecule has 0 aliphatic heterocycles. The number of ether oxygens (including phenoxy) is 4. The lowest BCUT2D eigenvalue weighted by atomic mass is 10.1. The van der Waals surface area contributed by atoms with Crippen LogP contribution in [-0.2, 0) is 4.74 Å². The van der Waals surface area contributed by atoms with Crippen LogP contribution in [0.25, 0.3) is 22.3 Å². The van der Waals surface area contributed by atoms with Crippen LogP contribution in [0, 0.1) is 0 Å². The third kappa shape index (κ3) is 4.78. The summed E-state index contributed by atoms with van der Waals surface area (Å²) in [5, 5.41) is 0.850. The van der Waals surface area contributed by atoms with Gasteiger partial charge in [-0.1, -0.05) is 17.2 Å². The minimum Gasteiger partial charge on any atom is -0.490 e. The highest BCUT2D eigenvalue weighted by molar-refractivity contribution is 6.30. The molecule has 0 spiro atoms. The summed E-state index contributed by atoms with van der Waals surface area (Å²) < 4.78 is 27.9. The monoisotopic (exact) mass is 430 g/mol. The maximum absolute atomic E-state index is 13.3. The van der Waals surface area contributed by atoms with Crippen molar-refractivity contribution < 1.29 is 23.4 Å². The molecule has 6 nitrogen and oxygen atoms in total. The zero-order valence-corrected chi connectivity index (χ0v) is 18.0. The van der Waals surface area contributed by atoms with Crippen LogP contribution in [0.15, 0.2) is 57.3 Å². The Morgan fingerprint density at radius 3 is 2.47 bits per heavy atom. The summed E-state index contributed by atoms with van der Waals surface area (Å²) in [4.78, 5) is 13.3. The predicted molar refractivity (Wildman–Crippen MR) is 117 cm³/mol. The fourth-order valence-electron chi connectivity index (χ4n) is 2.84. The third-order valence-corrected chi connectivity index (χ3v) is 4.53. The second-order valence-corrected chi connectivity index (χ2v) is 7.17. The number of benzene rings is 2. The van der Waals surface area contributed by atoms with Crippen LogP contribution in [0.5, 0.6) is 17.2 Å². The van der Waals surface area contributed by atoms with E-state index in [-0.39, 0.29) is 23.4 Å². The van der Waals surface area contributed by atoms with Crippen LogP contribution in [0.3, 0.4) is 0 Å². The van der Waals surface area contributed by atoms with Crippen molar-refractivity contribution in [3.05, 3.63) is 63.3 Å². The minimum atomic E-state index is -0.339. The van der Waals surface area contributed by atoms with Gasteiger partial charge in [0.15, 0.2) is 12.6 Å². The maximum atomic E-state index is 13.3. The molecule has 0 amide bonds. The van der Waals surface area contributed by atoms with Gasteiger partial charge in [0.2, 0.25) is 11.2 Å². The molecule has 0 aliphatic carbocycles. The lowest BCUT2D eigenvalue weighted by Gasteiger charge is -2.14. The van der Waals surface area contributed by atoms with Crippen LogP contribution in [0.4, 0.5) is 0 Å². The van der Waals surface area contributed by atoms with E-state index in [9.17, 15) is 4.79 Å². The Morgan fingerprint density at radius 2 is 1.83 bits per heavy atom. The summed E-state index contributed by atoms with van der Waals surface area (Å²) >= 11 is 5.99. The van der Waals surface area contributed by atoms with Gasteiger partial charge in [-0.15, -0.1) is 0 Å². The van der Waals surface area contributed by atoms with Gasteiger partial charge in [-0.3, -0.25) is 4.79 Å². The fraction of sp³-hybridized carbons (Fsp3) is 0.261. The van der Waals surface area contributed by atoms with E-state index in [1.54, 1.807) is 36.4 Å². The minimum absolute atomic E-state index is 0.0450. The molecule has 30 heavy (non-hydrogen) atoms. The van der Waals surface area contributed by atoms with Crippen molar-refractivity contribution in [3.8, 4) is 28.6 Å². The van der Waals surface area contributed by atoms with Gasteiger partial charge in [-0.2, -0.15) is 0 Å². The molecule has 0 unspecified atom stereocenters. The quantitative estimate of drug-likeness (QED) is 0.349. The van der Waals surface area contributed by atoms with E-state index >= 15 is 0 Å². The van der Waals surface area contributed by atoms with Crippen LogP contribution in [0.1, 0.15) is 13.8 Å².